The van der Waals surface area contributed by atoms with E-state index in [1.165, 1.54) is 10.4 Å². The predicted molar refractivity (Wildman–Crippen MR) is 110 cm³/mol. The molecule has 0 bridgehead atoms. The first-order valence-corrected chi connectivity index (χ1v) is 9.18. The van der Waals surface area contributed by atoms with Crippen molar-refractivity contribution in [2.24, 2.45) is 11.5 Å². The number of halogens is 1. The van der Waals surface area contributed by atoms with Gasteiger partial charge in [0.15, 0.2) is 0 Å². The Hall–Kier alpha value is -2.44. The van der Waals surface area contributed by atoms with Gasteiger partial charge in [0.05, 0.1) is 0 Å². The molecule has 0 amide bonds. The fourth-order valence-electron chi connectivity index (χ4n) is 2.56. The van der Waals surface area contributed by atoms with E-state index >= 15 is 0 Å². The van der Waals surface area contributed by atoms with E-state index in [0.29, 0.717) is 5.56 Å². The molecular formula is C19H17BrN4S. The molecule has 0 aliphatic heterocycles. The van der Waals surface area contributed by atoms with Gasteiger partial charge in [-0.05, 0) is 39.5 Å². The van der Waals surface area contributed by atoms with Crippen LogP contribution in [0.4, 0.5) is 0 Å². The lowest BCUT2D eigenvalue weighted by Gasteiger charge is -2.02. The average Bonchev–Trinajstić information content (AvgIpc) is 2.90. The molecule has 0 fully saturated rings. The summed E-state index contributed by atoms with van der Waals surface area (Å²) in [6.07, 6.45) is 0. The van der Waals surface area contributed by atoms with Gasteiger partial charge in [-0.25, -0.2) is 0 Å². The van der Waals surface area contributed by atoms with E-state index < -0.39 is 0 Å². The van der Waals surface area contributed by atoms with Crippen LogP contribution < -0.4 is 11.5 Å². The van der Waals surface area contributed by atoms with Crippen LogP contribution in [0, 0.1) is 17.7 Å². The van der Waals surface area contributed by atoms with Crippen LogP contribution in [0.3, 0.4) is 0 Å². The second-order valence-electron chi connectivity index (χ2n) is 5.68. The lowest BCUT2D eigenvalue weighted by molar-refractivity contribution is 1.42. The highest BCUT2D eigenvalue weighted by molar-refractivity contribution is 9.10. The molecule has 0 aliphatic rings. The van der Waals surface area contributed by atoms with Crippen molar-refractivity contribution in [1.29, 1.82) is 10.8 Å². The molecule has 25 heavy (non-hydrogen) atoms. The normalized spacial score (nSPS) is 10.6. The lowest BCUT2D eigenvalue weighted by Crippen LogP contribution is -2.10. The Bertz CT molecular complexity index is 878. The molecule has 3 aromatic rings. The zero-order chi connectivity index (χ0) is 18.1. The Balaban J connectivity index is 2.02. The summed E-state index contributed by atoms with van der Waals surface area (Å²) >= 11 is 5.41. The average molecular weight is 413 g/mol. The number of nitrogens with one attached hydrogen (secondary N) is 2. The van der Waals surface area contributed by atoms with Crippen molar-refractivity contribution in [3.63, 3.8) is 0 Å². The van der Waals surface area contributed by atoms with Crippen LogP contribution in [0.1, 0.15) is 16.7 Å². The maximum absolute atomic E-state index is 7.50. The number of hydrogen-bond acceptors (Lipinski definition) is 3. The minimum atomic E-state index is 0.0687. The van der Waals surface area contributed by atoms with Gasteiger partial charge in [0.25, 0.3) is 0 Å². The molecule has 0 aliphatic carbocycles. The van der Waals surface area contributed by atoms with E-state index in [2.05, 4.69) is 22.9 Å². The van der Waals surface area contributed by atoms with E-state index in [4.69, 9.17) is 22.3 Å². The van der Waals surface area contributed by atoms with Crippen LogP contribution in [-0.2, 0) is 0 Å². The van der Waals surface area contributed by atoms with Crippen molar-refractivity contribution in [2.45, 2.75) is 6.92 Å². The summed E-state index contributed by atoms with van der Waals surface area (Å²) in [4.78, 5) is 2.31. The Morgan fingerprint density at radius 1 is 0.800 bits per heavy atom. The molecule has 6 heteroatoms. The molecule has 1 heterocycles. The largest absolute Gasteiger partial charge is 0.384 e. The molecule has 3 rings (SSSR count). The first kappa shape index (κ1) is 17.4. The third-order valence-electron chi connectivity index (χ3n) is 3.99. The zero-order valence-electron chi connectivity index (χ0n) is 13.6. The predicted octanol–water partition coefficient (Wildman–Crippen LogP) is 4.72. The summed E-state index contributed by atoms with van der Waals surface area (Å²) in [5.41, 5.74) is 15.8. The SMILES string of the molecule is Cc1c(-c2ccc(C(=N)N)cc2)sc(-c2ccc(C(=N)N)cc2)c1Br. The third-order valence-corrected chi connectivity index (χ3v) is 6.63. The van der Waals surface area contributed by atoms with Crippen molar-refractivity contribution < 1.29 is 0 Å². The summed E-state index contributed by atoms with van der Waals surface area (Å²) in [5.74, 6) is 0.140. The number of amidine groups is 2. The van der Waals surface area contributed by atoms with E-state index in [-0.39, 0.29) is 11.7 Å². The monoisotopic (exact) mass is 412 g/mol. The summed E-state index contributed by atoms with van der Waals surface area (Å²) in [5, 5.41) is 15.0. The fraction of sp³-hybridized carbons (Fsp3) is 0.0526. The van der Waals surface area contributed by atoms with Gasteiger partial charge in [-0.1, -0.05) is 48.5 Å². The summed E-state index contributed by atoms with van der Waals surface area (Å²) < 4.78 is 1.07. The summed E-state index contributed by atoms with van der Waals surface area (Å²) in [6, 6.07) is 15.4. The van der Waals surface area contributed by atoms with E-state index in [0.717, 1.165) is 26.0 Å². The second kappa shape index (κ2) is 6.82. The zero-order valence-corrected chi connectivity index (χ0v) is 16.0. The van der Waals surface area contributed by atoms with Gasteiger partial charge in [-0.2, -0.15) is 0 Å². The first-order valence-electron chi connectivity index (χ1n) is 7.57. The van der Waals surface area contributed by atoms with Crippen LogP contribution in [0.25, 0.3) is 20.9 Å². The van der Waals surface area contributed by atoms with Crippen LogP contribution in [0.5, 0.6) is 0 Å². The number of rotatable bonds is 4. The summed E-state index contributed by atoms with van der Waals surface area (Å²) in [6.45, 7) is 2.09. The highest BCUT2D eigenvalue weighted by atomic mass is 79.9. The van der Waals surface area contributed by atoms with Gasteiger partial charge in [0, 0.05) is 25.4 Å². The number of hydrogen-bond donors (Lipinski definition) is 4. The van der Waals surface area contributed by atoms with Crippen molar-refractivity contribution in [1.82, 2.24) is 0 Å². The van der Waals surface area contributed by atoms with Gasteiger partial charge in [-0.15, -0.1) is 11.3 Å². The van der Waals surface area contributed by atoms with Crippen LogP contribution in [0.15, 0.2) is 53.0 Å². The van der Waals surface area contributed by atoms with Crippen LogP contribution in [-0.4, -0.2) is 11.7 Å². The quantitative estimate of drug-likeness (QED) is 0.368. The van der Waals surface area contributed by atoms with Crippen molar-refractivity contribution in [3.05, 3.63) is 69.7 Å². The molecule has 6 N–H and O–H groups in total. The molecule has 126 valence electrons. The number of thiophene rings is 1. The molecule has 0 atom stereocenters. The highest BCUT2D eigenvalue weighted by Crippen LogP contribution is 2.44. The second-order valence-corrected chi connectivity index (χ2v) is 7.49. The summed E-state index contributed by atoms with van der Waals surface area (Å²) in [7, 11) is 0. The molecule has 0 saturated heterocycles. The molecule has 1 aromatic heterocycles. The molecule has 2 aromatic carbocycles. The van der Waals surface area contributed by atoms with Crippen LogP contribution in [0.2, 0.25) is 0 Å². The van der Waals surface area contributed by atoms with Gasteiger partial charge >= 0.3 is 0 Å². The van der Waals surface area contributed by atoms with Crippen LogP contribution >= 0.6 is 27.3 Å². The third kappa shape index (κ3) is 3.36. The maximum atomic E-state index is 7.50. The molecule has 0 radical (unpaired) electrons. The molecule has 0 unspecified atom stereocenters. The standard InChI is InChI=1S/C19H17BrN4S/c1-10-15(20)17(12-4-8-14(9-5-12)19(23)24)25-16(10)11-2-6-13(7-3-11)18(21)22/h2-9H,1H3,(H3,21,22)(H3,23,24). The molecule has 0 saturated carbocycles. The van der Waals surface area contributed by atoms with E-state index in [9.17, 15) is 0 Å². The minimum absolute atomic E-state index is 0.0687. The topological polar surface area (TPSA) is 99.7 Å². The highest BCUT2D eigenvalue weighted by Gasteiger charge is 2.16. The lowest BCUT2D eigenvalue weighted by atomic mass is 10.1. The molecule has 4 nitrogen and oxygen atoms in total. The van der Waals surface area contributed by atoms with Gasteiger partial charge in [0.1, 0.15) is 11.7 Å². The Morgan fingerprint density at radius 3 is 1.60 bits per heavy atom. The smallest absolute Gasteiger partial charge is 0.122 e. The van der Waals surface area contributed by atoms with E-state index in [1.54, 1.807) is 11.3 Å². The molecule has 0 spiro atoms. The minimum Gasteiger partial charge on any atom is -0.384 e. The van der Waals surface area contributed by atoms with Crippen molar-refractivity contribution in [3.8, 4) is 20.9 Å². The Labute approximate surface area is 158 Å². The van der Waals surface area contributed by atoms with Gasteiger partial charge in [-0.3, -0.25) is 10.8 Å². The Morgan fingerprint density at radius 2 is 1.20 bits per heavy atom. The Kier molecular flexibility index (Phi) is 4.74. The van der Waals surface area contributed by atoms with Gasteiger partial charge in [0.2, 0.25) is 0 Å². The van der Waals surface area contributed by atoms with E-state index in [1.807, 2.05) is 48.5 Å². The number of nitrogen functional groups attached to an aromatic ring is 2. The number of nitrogens with two attached hydrogens (primary N) is 2. The first-order chi connectivity index (χ1) is 11.9. The fourth-order valence-corrected chi connectivity index (χ4v) is 4.57. The van der Waals surface area contributed by atoms with Crippen molar-refractivity contribution in [2.75, 3.05) is 0 Å². The van der Waals surface area contributed by atoms with Crippen molar-refractivity contribution >= 4 is 38.9 Å². The molecular weight excluding hydrogens is 396 g/mol. The van der Waals surface area contributed by atoms with Gasteiger partial charge < -0.3 is 11.5 Å². The maximum Gasteiger partial charge on any atom is 0.122 e. The number of benzene rings is 2.